The SMILES string of the molecule is CNC(=O)N(c1ccc(-c2nc(CS(=O)(=O)CC(N)=O)cc(N3CCOC[C@@H]3C)n2)cc1)c1cnn(C)c1. The molecule has 3 heterocycles. The molecule has 1 fully saturated rings. The van der Waals surface area contributed by atoms with Crippen molar-refractivity contribution >= 4 is 39.0 Å². The van der Waals surface area contributed by atoms with E-state index in [9.17, 15) is 18.0 Å². The summed E-state index contributed by atoms with van der Waals surface area (Å²) in [7, 11) is -0.519. The minimum absolute atomic E-state index is 0.0181. The van der Waals surface area contributed by atoms with Gasteiger partial charge >= 0.3 is 6.03 Å². The Hall–Kier alpha value is -4.04. The zero-order valence-corrected chi connectivity index (χ0v) is 22.2. The molecule has 0 aliphatic carbocycles. The molecule has 0 bridgehead atoms. The first-order chi connectivity index (χ1) is 18.1. The molecule has 0 unspecified atom stereocenters. The van der Waals surface area contributed by atoms with Gasteiger partial charge in [-0.15, -0.1) is 0 Å². The minimum atomic E-state index is -3.82. The van der Waals surface area contributed by atoms with Crippen LogP contribution in [-0.2, 0) is 32.2 Å². The zero-order valence-electron chi connectivity index (χ0n) is 21.4. The van der Waals surface area contributed by atoms with Gasteiger partial charge < -0.3 is 20.7 Å². The van der Waals surface area contributed by atoms with Crippen molar-refractivity contribution in [2.75, 3.05) is 42.4 Å². The molecule has 13 nitrogen and oxygen atoms in total. The summed E-state index contributed by atoms with van der Waals surface area (Å²) < 4.78 is 32.2. The average molecular weight is 543 g/mol. The van der Waals surface area contributed by atoms with Gasteiger partial charge in [0.05, 0.1) is 48.3 Å². The number of carbonyl (C=O) groups is 2. The predicted octanol–water partition coefficient (Wildman–Crippen LogP) is 0.980. The van der Waals surface area contributed by atoms with E-state index in [0.717, 1.165) is 0 Å². The molecule has 1 aliphatic rings. The number of amides is 3. The van der Waals surface area contributed by atoms with Crippen LogP contribution in [0.4, 0.5) is 22.0 Å². The fourth-order valence-electron chi connectivity index (χ4n) is 4.17. The second-order valence-corrected chi connectivity index (χ2v) is 11.0. The Balaban J connectivity index is 1.72. The number of ether oxygens (including phenoxy) is 1. The van der Waals surface area contributed by atoms with Gasteiger partial charge in [0.15, 0.2) is 15.7 Å². The third kappa shape index (κ3) is 6.26. The number of sulfone groups is 1. The van der Waals surface area contributed by atoms with Crippen LogP contribution in [0.25, 0.3) is 11.4 Å². The second-order valence-electron chi connectivity index (χ2n) is 8.97. The summed E-state index contributed by atoms with van der Waals surface area (Å²) in [5, 5.41) is 6.77. The van der Waals surface area contributed by atoms with Gasteiger partial charge in [-0.3, -0.25) is 14.4 Å². The van der Waals surface area contributed by atoms with Gasteiger partial charge in [-0.1, -0.05) is 0 Å². The van der Waals surface area contributed by atoms with Crippen LogP contribution in [0.15, 0.2) is 42.7 Å². The Labute approximate surface area is 220 Å². The van der Waals surface area contributed by atoms with Crippen LogP contribution in [0.3, 0.4) is 0 Å². The molecule has 1 aliphatic heterocycles. The Morgan fingerprint density at radius 2 is 1.95 bits per heavy atom. The third-order valence-electron chi connectivity index (χ3n) is 5.91. The number of nitrogens with zero attached hydrogens (tertiary/aromatic N) is 6. The van der Waals surface area contributed by atoms with E-state index in [-0.39, 0.29) is 17.8 Å². The number of primary amides is 1. The van der Waals surface area contributed by atoms with E-state index in [1.54, 1.807) is 61.5 Å². The summed E-state index contributed by atoms with van der Waals surface area (Å²) in [4.78, 5) is 36.6. The van der Waals surface area contributed by atoms with Crippen LogP contribution in [0.2, 0.25) is 0 Å². The number of benzene rings is 1. The van der Waals surface area contributed by atoms with E-state index in [1.165, 1.54) is 4.90 Å². The van der Waals surface area contributed by atoms with E-state index in [2.05, 4.69) is 15.4 Å². The molecular formula is C24H30N8O5S. The van der Waals surface area contributed by atoms with Crippen LogP contribution in [0, 0.1) is 0 Å². The van der Waals surface area contributed by atoms with Crippen LogP contribution >= 0.6 is 0 Å². The van der Waals surface area contributed by atoms with Crippen molar-refractivity contribution < 1.29 is 22.7 Å². The Morgan fingerprint density at radius 1 is 1.21 bits per heavy atom. The van der Waals surface area contributed by atoms with Gasteiger partial charge in [0.1, 0.15) is 11.6 Å². The number of nitrogens with one attached hydrogen (secondary N) is 1. The molecule has 3 N–H and O–H groups in total. The molecule has 0 radical (unpaired) electrons. The van der Waals surface area contributed by atoms with Crippen LogP contribution in [-0.4, -0.2) is 78.7 Å². The molecule has 1 aromatic carbocycles. The maximum absolute atomic E-state index is 12.6. The highest BCUT2D eigenvalue weighted by atomic mass is 32.2. The Kier molecular flexibility index (Phi) is 7.92. The lowest BCUT2D eigenvalue weighted by molar-refractivity contribution is -0.115. The molecule has 202 valence electrons. The summed E-state index contributed by atoms with van der Waals surface area (Å²) in [5.41, 5.74) is 7.16. The van der Waals surface area contributed by atoms with Crippen molar-refractivity contribution in [3.8, 4) is 11.4 Å². The molecule has 0 spiro atoms. The normalized spacial score (nSPS) is 15.8. The summed E-state index contributed by atoms with van der Waals surface area (Å²) in [6, 6.07) is 8.30. The van der Waals surface area contributed by atoms with Crippen molar-refractivity contribution in [3.63, 3.8) is 0 Å². The largest absolute Gasteiger partial charge is 0.377 e. The van der Waals surface area contributed by atoms with E-state index < -0.39 is 27.3 Å². The topological polar surface area (TPSA) is 166 Å². The van der Waals surface area contributed by atoms with Crippen LogP contribution in [0.1, 0.15) is 12.6 Å². The number of carbonyl (C=O) groups excluding carboxylic acids is 2. The van der Waals surface area contributed by atoms with Crippen molar-refractivity contribution in [1.82, 2.24) is 25.1 Å². The van der Waals surface area contributed by atoms with Gasteiger partial charge in [-0.2, -0.15) is 5.10 Å². The Morgan fingerprint density at radius 3 is 2.55 bits per heavy atom. The van der Waals surface area contributed by atoms with Crippen molar-refractivity contribution in [2.45, 2.75) is 18.7 Å². The third-order valence-corrected chi connectivity index (χ3v) is 7.37. The van der Waals surface area contributed by atoms with Crippen molar-refractivity contribution in [3.05, 3.63) is 48.4 Å². The molecular weight excluding hydrogens is 512 g/mol. The molecule has 14 heteroatoms. The van der Waals surface area contributed by atoms with E-state index in [4.69, 9.17) is 15.5 Å². The number of hydrogen-bond acceptors (Lipinski definition) is 9. The molecule has 0 saturated carbocycles. The smallest absolute Gasteiger partial charge is 0.326 e. The molecule has 38 heavy (non-hydrogen) atoms. The van der Waals surface area contributed by atoms with Gasteiger partial charge in [0.2, 0.25) is 5.91 Å². The number of anilines is 3. The molecule has 1 atom stereocenters. The fourth-order valence-corrected chi connectivity index (χ4v) is 5.31. The standard InChI is InChI=1S/C24H30N8O5S/c1-16-13-37-9-8-31(16)22-10-18(14-38(35,36)15-21(25)33)28-23(29-22)17-4-6-19(7-5-17)32(24(34)26-2)20-11-27-30(3)12-20/h4-7,10-12,16H,8-9,13-15H2,1-3H3,(H2,25,33)(H,26,34)/t16-/m0/s1. The van der Waals surface area contributed by atoms with E-state index in [1.807, 2.05) is 11.8 Å². The number of aryl methyl sites for hydroxylation is 1. The number of rotatable bonds is 8. The maximum Gasteiger partial charge on any atom is 0.326 e. The lowest BCUT2D eigenvalue weighted by Gasteiger charge is -2.34. The highest BCUT2D eigenvalue weighted by Crippen LogP contribution is 2.29. The zero-order chi connectivity index (χ0) is 27.4. The summed E-state index contributed by atoms with van der Waals surface area (Å²) in [6.45, 7) is 3.59. The summed E-state index contributed by atoms with van der Waals surface area (Å²) in [6.07, 6.45) is 3.30. The van der Waals surface area contributed by atoms with E-state index >= 15 is 0 Å². The maximum atomic E-state index is 12.6. The monoisotopic (exact) mass is 542 g/mol. The molecule has 3 aromatic rings. The number of nitrogens with two attached hydrogens (primary N) is 1. The molecule has 3 amide bonds. The average Bonchev–Trinajstić information content (AvgIpc) is 3.28. The first-order valence-electron chi connectivity index (χ1n) is 11.9. The quantitative estimate of drug-likeness (QED) is 0.422. The van der Waals surface area contributed by atoms with Gasteiger partial charge in [-0.25, -0.2) is 23.2 Å². The van der Waals surface area contributed by atoms with Gasteiger partial charge in [0.25, 0.3) is 0 Å². The fraction of sp³-hybridized carbons (Fsp3) is 0.375. The molecule has 4 rings (SSSR count). The minimum Gasteiger partial charge on any atom is -0.377 e. The highest BCUT2D eigenvalue weighted by molar-refractivity contribution is 7.91. The van der Waals surface area contributed by atoms with Crippen molar-refractivity contribution in [2.24, 2.45) is 12.8 Å². The first kappa shape index (κ1) is 27.0. The highest BCUT2D eigenvalue weighted by Gasteiger charge is 2.24. The molecule has 2 aromatic heterocycles. The lowest BCUT2D eigenvalue weighted by Crippen LogP contribution is -2.44. The van der Waals surface area contributed by atoms with Crippen LogP contribution in [0.5, 0.6) is 0 Å². The first-order valence-corrected chi connectivity index (χ1v) is 13.7. The molecule has 1 saturated heterocycles. The number of hydrogen-bond donors (Lipinski definition) is 2. The second kappa shape index (κ2) is 11.1. The van der Waals surface area contributed by atoms with Crippen LogP contribution < -0.4 is 20.9 Å². The summed E-state index contributed by atoms with van der Waals surface area (Å²) in [5.74, 6) is -1.29. The summed E-state index contributed by atoms with van der Waals surface area (Å²) >= 11 is 0. The number of aromatic nitrogens is 4. The number of urea groups is 1. The van der Waals surface area contributed by atoms with Gasteiger partial charge in [0, 0.05) is 38.5 Å². The van der Waals surface area contributed by atoms with Gasteiger partial charge in [-0.05, 0) is 31.2 Å². The lowest BCUT2D eigenvalue weighted by atomic mass is 10.1. The van der Waals surface area contributed by atoms with E-state index in [0.29, 0.717) is 48.3 Å². The predicted molar refractivity (Wildman–Crippen MR) is 142 cm³/mol. The Bertz CT molecular complexity index is 1420. The van der Waals surface area contributed by atoms with Crippen molar-refractivity contribution in [1.29, 1.82) is 0 Å². The number of morpholine rings is 1.